The molecule has 1 aromatic heterocycles. The predicted octanol–water partition coefficient (Wildman–Crippen LogP) is 2.45. The molecule has 0 aliphatic heterocycles. The molecule has 5 heteroatoms. The first-order chi connectivity index (χ1) is 10.5. The molecular weight excluding hydrogens is 280 g/mol. The van der Waals surface area contributed by atoms with Crippen molar-refractivity contribution in [1.29, 1.82) is 0 Å². The molecule has 0 amide bonds. The van der Waals surface area contributed by atoms with Crippen molar-refractivity contribution >= 4 is 16.9 Å². The molecule has 0 bridgehead atoms. The monoisotopic (exact) mass is 302 g/mol. The number of methoxy groups -OCH3 is 1. The van der Waals surface area contributed by atoms with Crippen molar-refractivity contribution in [3.8, 4) is 0 Å². The molecular formula is C17H22N2O3. The van der Waals surface area contributed by atoms with E-state index < -0.39 is 5.97 Å². The lowest BCUT2D eigenvalue weighted by Gasteiger charge is -2.44. The number of nitrogens with one attached hydrogen (secondary N) is 2. The van der Waals surface area contributed by atoms with Crippen molar-refractivity contribution in [1.82, 2.24) is 10.3 Å². The predicted molar refractivity (Wildman–Crippen MR) is 84.8 cm³/mol. The summed E-state index contributed by atoms with van der Waals surface area (Å²) >= 11 is 0. The maximum absolute atomic E-state index is 10.9. The summed E-state index contributed by atoms with van der Waals surface area (Å²) in [5.74, 6) is -0.990. The van der Waals surface area contributed by atoms with Crippen LogP contribution in [-0.2, 0) is 16.1 Å². The fourth-order valence-corrected chi connectivity index (χ4v) is 3.28. The van der Waals surface area contributed by atoms with Crippen LogP contribution in [0.5, 0.6) is 0 Å². The first-order valence-electron chi connectivity index (χ1n) is 7.59. The molecule has 1 aliphatic carbocycles. The number of carboxylic acids is 1. The van der Waals surface area contributed by atoms with Gasteiger partial charge in [0.25, 0.3) is 0 Å². The van der Waals surface area contributed by atoms with Crippen molar-refractivity contribution in [2.24, 2.45) is 5.92 Å². The Hall–Kier alpha value is -1.85. The number of H-pyrrole nitrogens is 1. The van der Waals surface area contributed by atoms with Crippen molar-refractivity contribution in [2.45, 2.75) is 31.9 Å². The Morgan fingerprint density at radius 3 is 2.91 bits per heavy atom. The first kappa shape index (κ1) is 15.1. The minimum atomic E-state index is -0.723. The van der Waals surface area contributed by atoms with Gasteiger partial charge in [-0.1, -0.05) is 12.1 Å². The number of benzene rings is 1. The van der Waals surface area contributed by atoms with E-state index in [0.717, 1.165) is 17.8 Å². The third kappa shape index (κ3) is 2.74. The topological polar surface area (TPSA) is 74.3 Å². The minimum absolute atomic E-state index is 0.266. The number of aliphatic carboxylic acids is 1. The van der Waals surface area contributed by atoms with Crippen LogP contribution in [-0.4, -0.2) is 35.3 Å². The zero-order valence-electron chi connectivity index (χ0n) is 13.0. The molecule has 0 unspecified atom stereocenters. The number of carbonyl (C=O) groups is 1. The Labute approximate surface area is 129 Å². The van der Waals surface area contributed by atoms with Crippen molar-refractivity contribution in [3.05, 3.63) is 35.5 Å². The first-order valence-corrected chi connectivity index (χ1v) is 7.59. The van der Waals surface area contributed by atoms with E-state index in [2.05, 4.69) is 35.4 Å². The molecule has 0 radical (unpaired) electrons. The molecule has 2 aromatic rings. The second-order valence-electron chi connectivity index (χ2n) is 6.26. The molecule has 1 heterocycles. The number of rotatable bonds is 6. The number of hydrogen-bond donors (Lipinski definition) is 3. The van der Waals surface area contributed by atoms with E-state index in [1.807, 2.05) is 6.07 Å². The van der Waals surface area contributed by atoms with Crippen LogP contribution in [0.4, 0.5) is 0 Å². The maximum atomic E-state index is 10.9. The molecule has 0 spiro atoms. The molecule has 0 saturated heterocycles. The number of hydrogen-bond acceptors (Lipinski definition) is 3. The normalized spacial score (nSPS) is 24.4. The molecule has 1 aliphatic rings. The third-order valence-corrected chi connectivity index (χ3v) is 4.72. The van der Waals surface area contributed by atoms with Gasteiger partial charge in [-0.2, -0.15) is 0 Å². The van der Waals surface area contributed by atoms with Gasteiger partial charge >= 0.3 is 5.97 Å². The summed E-state index contributed by atoms with van der Waals surface area (Å²) < 4.78 is 5.53. The van der Waals surface area contributed by atoms with Crippen molar-refractivity contribution in [3.63, 3.8) is 0 Å². The van der Waals surface area contributed by atoms with E-state index in [-0.39, 0.29) is 11.5 Å². The van der Waals surface area contributed by atoms with Crippen LogP contribution in [0.2, 0.25) is 0 Å². The highest BCUT2D eigenvalue weighted by atomic mass is 16.5. The van der Waals surface area contributed by atoms with E-state index in [0.29, 0.717) is 19.4 Å². The smallest absolute Gasteiger partial charge is 0.306 e. The molecule has 1 fully saturated rings. The van der Waals surface area contributed by atoms with Gasteiger partial charge in [-0.3, -0.25) is 4.79 Å². The quantitative estimate of drug-likeness (QED) is 0.766. The van der Waals surface area contributed by atoms with Gasteiger partial charge < -0.3 is 20.1 Å². The highest BCUT2D eigenvalue weighted by molar-refractivity contribution is 5.83. The summed E-state index contributed by atoms with van der Waals surface area (Å²) in [6, 6.07) is 8.39. The molecule has 0 atom stereocenters. The second-order valence-corrected chi connectivity index (χ2v) is 6.26. The second kappa shape index (κ2) is 5.74. The van der Waals surface area contributed by atoms with Crippen LogP contribution in [0.15, 0.2) is 24.3 Å². The molecule has 3 N–H and O–H groups in total. The number of ether oxygens (including phenoxy) is 1. The van der Waals surface area contributed by atoms with Gasteiger partial charge in [-0.05, 0) is 37.5 Å². The van der Waals surface area contributed by atoms with Gasteiger partial charge in [0.05, 0.1) is 11.5 Å². The Balaban J connectivity index is 1.58. The average molecular weight is 302 g/mol. The molecule has 22 heavy (non-hydrogen) atoms. The van der Waals surface area contributed by atoms with Crippen LogP contribution in [0.25, 0.3) is 10.9 Å². The van der Waals surface area contributed by atoms with E-state index in [1.54, 1.807) is 7.11 Å². The summed E-state index contributed by atoms with van der Waals surface area (Å²) in [4.78, 5) is 14.3. The number of fused-ring (bicyclic) bond motifs is 1. The van der Waals surface area contributed by atoms with Gasteiger partial charge in [0.2, 0.25) is 0 Å². The lowest BCUT2D eigenvalue weighted by molar-refractivity contribution is -0.162. The van der Waals surface area contributed by atoms with Crippen LogP contribution < -0.4 is 5.32 Å². The Morgan fingerprint density at radius 2 is 2.27 bits per heavy atom. The highest BCUT2D eigenvalue weighted by Gasteiger charge is 2.47. The van der Waals surface area contributed by atoms with Crippen LogP contribution >= 0.6 is 0 Å². The van der Waals surface area contributed by atoms with Crippen LogP contribution in [0.3, 0.4) is 0 Å². The SMILES string of the molecule is COC1(CNCc2cc3c(C)cccc3[nH]2)CC(C(=O)O)C1. The van der Waals surface area contributed by atoms with Crippen LogP contribution in [0, 0.1) is 12.8 Å². The Morgan fingerprint density at radius 1 is 1.50 bits per heavy atom. The molecule has 3 rings (SSSR count). The number of aryl methyl sites for hydroxylation is 1. The zero-order valence-corrected chi connectivity index (χ0v) is 13.0. The Bertz CT molecular complexity index is 686. The average Bonchev–Trinajstić information content (AvgIpc) is 2.85. The summed E-state index contributed by atoms with van der Waals surface area (Å²) in [6.45, 7) is 3.49. The van der Waals surface area contributed by atoms with E-state index in [9.17, 15) is 4.79 Å². The zero-order chi connectivity index (χ0) is 15.7. The largest absolute Gasteiger partial charge is 0.481 e. The number of carboxylic acid groups (broad SMARTS) is 1. The standard InChI is InChI=1S/C17H22N2O3/c1-11-4-3-5-15-14(11)6-13(19-15)9-18-10-17(22-2)7-12(8-17)16(20)21/h3-6,12,18-19H,7-10H2,1-2H3,(H,20,21). The lowest BCUT2D eigenvalue weighted by Crippen LogP contribution is -2.54. The van der Waals surface area contributed by atoms with Gasteiger partial charge in [-0.25, -0.2) is 0 Å². The summed E-state index contributed by atoms with van der Waals surface area (Å²) in [5.41, 5.74) is 3.21. The van der Waals surface area contributed by atoms with Gasteiger partial charge in [0, 0.05) is 36.8 Å². The lowest BCUT2D eigenvalue weighted by atomic mass is 9.70. The van der Waals surface area contributed by atoms with Gasteiger partial charge in [0.15, 0.2) is 0 Å². The Kier molecular flexibility index (Phi) is 3.93. The molecule has 118 valence electrons. The number of aromatic nitrogens is 1. The van der Waals surface area contributed by atoms with Gasteiger partial charge in [-0.15, -0.1) is 0 Å². The van der Waals surface area contributed by atoms with Crippen molar-refractivity contribution in [2.75, 3.05) is 13.7 Å². The molecule has 1 aromatic carbocycles. The van der Waals surface area contributed by atoms with Crippen molar-refractivity contribution < 1.29 is 14.6 Å². The fourth-order valence-electron chi connectivity index (χ4n) is 3.28. The maximum Gasteiger partial charge on any atom is 0.306 e. The number of aromatic amines is 1. The van der Waals surface area contributed by atoms with E-state index in [4.69, 9.17) is 9.84 Å². The highest BCUT2D eigenvalue weighted by Crippen LogP contribution is 2.40. The molecule has 1 saturated carbocycles. The van der Waals surface area contributed by atoms with E-state index in [1.165, 1.54) is 10.9 Å². The molecule has 5 nitrogen and oxygen atoms in total. The van der Waals surface area contributed by atoms with Crippen LogP contribution in [0.1, 0.15) is 24.1 Å². The summed E-state index contributed by atoms with van der Waals surface area (Å²) in [6.07, 6.45) is 1.16. The third-order valence-electron chi connectivity index (χ3n) is 4.72. The van der Waals surface area contributed by atoms with E-state index >= 15 is 0 Å². The summed E-state index contributed by atoms with van der Waals surface area (Å²) in [5, 5.41) is 13.6. The summed E-state index contributed by atoms with van der Waals surface area (Å²) in [7, 11) is 1.66. The fraction of sp³-hybridized carbons (Fsp3) is 0.471. The minimum Gasteiger partial charge on any atom is -0.481 e. The van der Waals surface area contributed by atoms with Gasteiger partial charge in [0.1, 0.15) is 0 Å².